The fourth-order valence-corrected chi connectivity index (χ4v) is 3.73. The van der Waals surface area contributed by atoms with Crippen molar-refractivity contribution in [2.45, 2.75) is 25.3 Å². The normalized spacial score (nSPS) is 23.8. The summed E-state index contributed by atoms with van der Waals surface area (Å²) in [5.74, 6) is 0.584. The van der Waals surface area contributed by atoms with Crippen molar-refractivity contribution in [1.82, 2.24) is 0 Å². The lowest BCUT2D eigenvalue weighted by Gasteiger charge is -2.21. The van der Waals surface area contributed by atoms with Crippen LogP contribution < -0.4 is 4.90 Å². The van der Waals surface area contributed by atoms with E-state index in [1.165, 1.54) is 28.8 Å². The first kappa shape index (κ1) is 10.2. The third kappa shape index (κ3) is 1.17. The number of nitrogens with zero attached hydrogens (tertiary/aromatic N) is 1. The highest BCUT2D eigenvalue weighted by atomic mass is 15.2. The van der Waals surface area contributed by atoms with E-state index in [1.54, 1.807) is 5.56 Å². The second-order valence-corrected chi connectivity index (χ2v) is 5.62. The fraction of sp³-hybridized carbons (Fsp3) is 0.294. The molecule has 0 saturated heterocycles. The van der Waals surface area contributed by atoms with Gasteiger partial charge in [-0.05, 0) is 36.1 Å². The third-order valence-electron chi connectivity index (χ3n) is 4.60. The van der Waals surface area contributed by atoms with Crippen LogP contribution in [0.1, 0.15) is 28.2 Å². The molecule has 0 aromatic heterocycles. The van der Waals surface area contributed by atoms with Gasteiger partial charge in [-0.3, -0.25) is 0 Å². The van der Waals surface area contributed by atoms with Crippen LogP contribution >= 0.6 is 0 Å². The molecule has 1 aliphatic heterocycles. The monoisotopic (exact) mass is 235 g/mol. The molecule has 1 aliphatic carbocycles. The molecule has 0 radical (unpaired) electrons. The van der Waals surface area contributed by atoms with Crippen LogP contribution in [0.4, 0.5) is 5.69 Å². The van der Waals surface area contributed by atoms with E-state index in [0.717, 1.165) is 0 Å². The van der Waals surface area contributed by atoms with E-state index in [-0.39, 0.29) is 0 Å². The van der Waals surface area contributed by atoms with Gasteiger partial charge in [-0.15, -0.1) is 0 Å². The lowest BCUT2D eigenvalue weighted by atomic mass is 9.92. The second kappa shape index (κ2) is 3.38. The first-order chi connectivity index (χ1) is 8.75. The van der Waals surface area contributed by atoms with Crippen molar-refractivity contribution in [3.05, 3.63) is 64.7 Å². The van der Waals surface area contributed by atoms with Crippen LogP contribution in [-0.2, 0) is 6.42 Å². The van der Waals surface area contributed by atoms with Crippen LogP contribution in [0.25, 0.3) is 0 Å². The molecule has 2 aliphatic rings. The van der Waals surface area contributed by atoms with Gasteiger partial charge >= 0.3 is 0 Å². The lowest BCUT2D eigenvalue weighted by molar-refractivity contribution is 0.648. The number of benzene rings is 2. The first-order valence-corrected chi connectivity index (χ1v) is 6.67. The number of hydrogen-bond acceptors (Lipinski definition) is 1. The van der Waals surface area contributed by atoms with E-state index in [2.05, 4.69) is 61.3 Å². The van der Waals surface area contributed by atoms with Crippen molar-refractivity contribution in [2.75, 3.05) is 11.9 Å². The van der Waals surface area contributed by atoms with Gasteiger partial charge < -0.3 is 4.90 Å². The topological polar surface area (TPSA) is 3.24 Å². The smallest absolute Gasteiger partial charge is 0.0437 e. The maximum absolute atomic E-state index is 2.47. The fourth-order valence-electron chi connectivity index (χ4n) is 3.73. The lowest BCUT2D eigenvalue weighted by Crippen LogP contribution is -2.28. The molecule has 0 fully saturated rings. The first-order valence-electron chi connectivity index (χ1n) is 6.67. The molecule has 0 spiro atoms. The molecular weight excluding hydrogens is 218 g/mol. The average Bonchev–Trinajstić information content (AvgIpc) is 2.87. The standard InChI is InChI=1S/C17H17N/c1-11-7-8-15-14(9-11)17-13-6-4-3-5-12(13)10-16(17)18(15)2/h3-9,16-17H,10H2,1-2H3. The minimum atomic E-state index is 0.584. The number of anilines is 1. The Kier molecular flexibility index (Phi) is 1.91. The van der Waals surface area contributed by atoms with Crippen LogP contribution in [0.15, 0.2) is 42.5 Å². The Morgan fingerprint density at radius 2 is 1.89 bits per heavy atom. The summed E-state index contributed by atoms with van der Waals surface area (Å²) in [4.78, 5) is 2.47. The molecule has 1 heteroatoms. The van der Waals surface area contributed by atoms with Gasteiger partial charge in [0.15, 0.2) is 0 Å². The highest BCUT2D eigenvalue weighted by Gasteiger charge is 2.42. The summed E-state index contributed by atoms with van der Waals surface area (Å²) >= 11 is 0. The predicted molar refractivity (Wildman–Crippen MR) is 75.4 cm³/mol. The van der Waals surface area contributed by atoms with Crippen molar-refractivity contribution in [1.29, 1.82) is 0 Å². The summed E-state index contributed by atoms with van der Waals surface area (Å²) in [6.45, 7) is 2.19. The van der Waals surface area contributed by atoms with Gasteiger partial charge in [-0.1, -0.05) is 42.0 Å². The summed E-state index contributed by atoms with van der Waals surface area (Å²) in [5, 5.41) is 0. The molecule has 0 saturated carbocycles. The van der Waals surface area contributed by atoms with Crippen molar-refractivity contribution in [2.24, 2.45) is 0 Å². The molecule has 0 N–H and O–H groups in total. The van der Waals surface area contributed by atoms with Crippen LogP contribution in [0, 0.1) is 6.92 Å². The van der Waals surface area contributed by atoms with Gasteiger partial charge in [0.1, 0.15) is 0 Å². The molecule has 2 aromatic rings. The number of likely N-dealkylation sites (N-methyl/N-ethyl adjacent to an activating group) is 1. The minimum absolute atomic E-state index is 0.584. The molecule has 2 aromatic carbocycles. The SMILES string of the molecule is Cc1ccc2c(c1)C1c3ccccc3CC1N2C. The number of aryl methyl sites for hydroxylation is 1. The zero-order valence-electron chi connectivity index (χ0n) is 10.9. The molecule has 1 heterocycles. The Hall–Kier alpha value is -1.76. The van der Waals surface area contributed by atoms with E-state index in [4.69, 9.17) is 0 Å². The molecule has 0 amide bonds. The quantitative estimate of drug-likeness (QED) is 0.675. The van der Waals surface area contributed by atoms with E-state index in [9.17, 15) is 0 Å². The summed E-state index contributed by atoms with van der Waals surface area (Å²) in [6.07, 6.45) is 1.19. The summed E-state index contributed by atoms with van der Waals surface area (Å²) in [5.41, 5.74) is 7.38. The number of fused-ring (bicyclic) bond motifs is 5. The van der Waals surface area contributed by atoms with Crippen LogP contribution in [-0.4, -0.2) is 13.1 Å². The largest absolute Gasteiger partial charge is 0.370 e. The van der Waals surface area contributed by atoms with Gasteiger partial charge in [0.05, 0.1) is 0 Å². The Morgan fingerprint density at radius 1 is 1.06 bits per heavy atom. The van der Waals surface area contributed by atoms with Gasteiger partial charge in [-0.2, -0.15) is 0 Å². The van der Waals surface area contributed by atoms with E-state index < -0.39 is 0 Å². The average molecular weight is 235 g/mol. The zero-order valence-corrected chi connectivity index (χ0v) is 10.9. The Labute approximate surface area is 108 Å². The maximum atomic E-state index is 2.47. The van der Waals surface area contributed by atoms with Crippen LogP contribution in [0.3, 0.4) is 0 Å². The van der Waals surface area contributed by atoms with E-state index >= 15 is 0 Å². The highest BCUT2D eigenvalue weighted by molar-refractivity contribution is 5.67. The molecule has 2 unspecified atom stereocenters. The third-order valence-corrected chi connectivity index (χ3v) is 4.60. The molecule has 1 nitrogen and oxygen atoms in total. The Morgan fingerprint density at radius 3 is 2.78 bits per heavy atom. The number of rotatable bonds is 0. The van der Waals surface area contributed by atoms with E-state index in [1.807, 2.05) is 0 Å². The second-order valence-electron chi connectivity index (χ2n) is 5.62. The molecule has 4 rings (SSSR count). The van der Waals surface area contributed by atoms with Crippen molar-refractivity contribution in [3.8, 4) is 0 Å². The van der Waals surface area contributed by atoms with Crippen LogP contribution in [0.2, 0.25) is 0 Å². The van der Waals surface area contributed by atoms with E-state index in [0.29, 0.717) is 12.0 Å². The summed E-state index contributed by atoms with van der Waals surface area (Å²) < 4.78 is 0. The van der Waals surface area contributed by atoms with Crippen LogP contribution in [0.5, 0.6) is 0 Å². The molecule has 90 valence electrons. The van der Waals surface area contributed by atoms with Gasteiger partial charge in [0.2, 0.25) is 0 Å². The van der Waals surface area contributed by atoms with Crippen molar-refractivity contribution in [3.63, 3.8) is 0 Å². The Balaban J connectivity index is 1.95. The number of hydrogen-bond donors (Lipinski definition) is 0. The molecular formula is C17H17N. The Bertz CT molecular complexity index is 629. The summed E-state index contributed by atoms with van der Waals surface area (Å²) in [6, 6.07) is 16.4. The zero-order chi connectivity index (χ0) is 12.3. The summed E-state index contributed by atoms with van der Waals surface area (Å²) in [7, 11) is 2.24. The van der Waals surface area contributed by atoms with Gasteiger partial charge in [0, 0.05) is 24.7 Å². The van der Waals surface area contributed by atoms with Crippen molar-refractivity contribution >= 4 is 5.69 Å². The molecule has 18 heavy (non-hydrogen) atoms. The highest BCUT2D eigenvalue weighted by Crippen LogP contribution is 2.50. The van der Waals surface area contributed by atoms with Gasteiger partial charge in [0.25, 0.3) is 0 Å². The maximum Gasteiger partial charge on any atom is 0.0437 e. The van der Waals surface area contributed by atoms with Crippen molar-refractivity contribution < 1.29 is 0 Å². The molecule has 2 atom stereocenters. The van der Waals surface area contributed by atoms with Gasteiger partial charge in [-0.25, -0.2) is 0 Å². The molecule has 0 bridgehead atoms. The minimum Gasteiger partial charge on any atom is -0.370 e. The predicted octanol–water partition coefficient (Wildman–Crippen LogP) is 3.50.